The first-order valence-electron chi connectivity index (χ1n) is 13.5. The molecule has 0 amide bonds. The minimum atomic E-state index is -0.358. The van der Waals surface area contributed by atoms with Crippen LogP contribution in [0.2, 0.25) is 5.02 Å². The molecule has 7 rings (SSSR count). The molecule has 10 nitrogen and oxygen atoms in total. The van der Waals surface area contributed by atoms with Gasteiger partial charge in [-0.15, -0.1) is 0 Å². The van der Waals surface area contributed by atoms with Gasteiger partial charge in [0.05, 0.1) is 31.3 Å². The van der Waals surface area contributed by atoms with Crippen molar-refractivity contribution in [1.82, 2.24) is 9.66 Å². The number of nitrogens with zero attached hydrogens (tertiary/aromatic N) is 3. The molecule has 0 aliphatic carbocycles. The Bertz CT molecular complexity index is 2110. The highest BCUT2D eigenvalue weighted by atomic mass is 35.5. The van der Waals surface area contributed by atoms with Crippen LogP contribution >= 0.6 is 11.6 Å². The van der Waals surface area contributed by atoms with Gasteiger partial charge < -0.3 is 28.1 Å². The Morgan fingerprint density at radius 1 is 0.955 bits per heavy atom. The van der Waals surface area contributed by atoms with Crippen molar-refractivity contribution >= 4 is 39.7 Å². The van der Waals surface area contributed by atoms with Crippen molar-refractivity contribution in [3.8, 4) is 40.3 Å². The lowest BCUT2D eigenvalue weighted by Crippen LogP contribution is -2.20. The van der Waals surface area contributed by atoms with E-state index in [9.17, 15) is 4.79 Å². The summed E-state index contributed by atoms with van der Waals surface area (Å²) in [6.45, 7) is 0.432. The average molecular weight is 610 g/mol. The summed E-state index contributed by atoms with van der Waals surface area (Å²) in [6, 6.07) is 23.2. The summed E-state index contributed by atoms with van der Waals surface area (Å²) in [6.07, 6.45) is 1.52. The first kappa shape index (κ1) is 27.4. The molecule has 4 aromatic carbocycles. The summed E-state index contributed by atoms with van der Waals surface area (Å²) in [5.74, 6) is 3.22. The zero-order valence-corrected chi connectivity index (χ0v) is 24.3. The van der Waals surface area contributed by atoms with Gasteiger partial charge in [0, 0.05) is 16.0 Å². The molecule has 6 aromatic rings. The molecular weight excluding hydrogens is 586 g/mol. The zero-order chi connectivity index (χ0) is 30.2. The minimum absolute atomic E-state index is 0.195. The van der Waals surface area contributed by atoms with Crippen LogP contribution in [0.5, 0.6) is 28.7 Å². The normalized spacial score (nSPS) is 12.3. The second kappa shape index (κ2) is 11.3. The van der Waals surface area contributed by atoms with Crippen LogP contribution in [-0.2, 0) is 6.61 Å². The summed E-state index contributed by atoms with van der Waals surface area (Å²) >= 11 is 6.18. The summed E-state index contributed by atoms with van der Waals surface area (Å²) in [5, 5.41) is 6.30. The molecule has 0 spiro atoms. The molecule has 1 aliphatic heterocycles. The van der Waals surface area contributed by atoms with E-state index >= 15 is 0 Å². The molecule has 3 heterocycles. The molecule has 1 aliphatic rings. The number of hydrogen-bond acceptors (Lipinski definition) is 9. The number of fused-ring (bicyclic) bond motifs is 3. The zero-order valence-electron chi connectivity index (χ0n) is 23.6. The Labute approximate surface area is 255 Å². The van der Waals surface area contributed by atoms with Crippen molar-refractivity contribution in [3.05, 3.63) is 105 Å². The van der Waals surface area contributed by atoms with E-state index in [4.69, 9.17) is 44.7 Å². The van der Waals surface area contributed by atoms with E-state index in [-0.39, 0.29) is 24.8 Å². The molecule has 0 radical (unpaired) electrons. The lowest BCUT2D eigenvalue weighted by atomic mass is 10.2. The van der Waals surface area contributed by atoms with Crippen LogP contribution in [0.15, 0.2) is 93.2 Å². The van der Waals surface area contributed by atoms with Crippen LogP contribution in [0.3, 0.4) is 0 Å². The molecule has 2 aromatic heterocycles. The maximum absolute atomic E-state index is 13.7. The van der Waals surface area contributed by atoms with Crippen LogP contribution in [0.25, 0.3) is 33.5 Å². The highest BCUT2D eigenvalue weighted by Gasteiger charge is 2.19. The number of rotatable bonds is 8. The summed E-state index contributed by atoms with van der Waals surface area (Å²) in [7, 11) is 3.07. The largest absolute Gasteiger partial charge is 0.493 e. The fourth-order valence-corrected chi connectivity index (χ4v) is 5.12. The maximum atomic E-state index is 13.7. The number of furan rings is 1. The Hall–Kier alpha value is -5.48. The number of methoxy groups -OCH3 is 2. The third-order valence-electron chi connectivity index (χ3n) is 7.08. The van der Waals surface area contributed by atoms with Crippen LogP contribution in [0.1, 0.15) is 11.1 Å². The Balaban J connectivity index is 1.26. The Morgan fingerprint density at radius 2 is 1.75 bits per heavy atom. The first-order chi connectivity index (χ1) is 21.5. The smallest absolute Gasteiger partial charge is 0.282 e. The number of ether oxygens (including phenoxy) is 5. The topological polar surface area (TPSA) is 107 Å². The third-order valence-corrected chi connectivity index (χ3v) is 7.31. The molecule has 44 heavy (non-hydrogen) atoms. The fourth-order valence-electron chi connectivity index (χ4n) is 4.94. The number of para-hydroxylation sites is 1. The molecule has 0 fully saturated rings. The molecule has 0 atom stereocenters. The number of aromatic nitrogens is 2. The molecular formula is C33H24ClN3O7. The van der Waals surface area contributed by atoms with Gasteiger partial charge in [-0.2, -0.15) is 9.78 Å². The van der Waals surface area contributed by atoms with E-state index in [0.29, 0.717) is 61.6 Å². The van der Waals surface area contributed by atoms with Gasteiger partial charge in [0.2, 0.25) is 18.4 Å². The summed E-state index contributed by atoms with van der Waals surface area (Å²) < 4.78 is 35.5. The van der Waals surface area contributed by atoms with E-state index in [0.717, 1.165) is 10.9 Å². The van der Waals surface area contributed by atoms with Gasteiger partial charge in [0.1, 0.15) is 12.2 Å². The van der Waals surface area contributed by atoms with Crippen LogP contribution in [0.4, 0.5) is 0 Å². The van der Waals surface area contributed by atoms with Crippen molar-refractivity contribution in [2.24, 2.45) is 5.10 Å². The molecule has 11 heteroatoms. The second-order valence-corrected chi connectivity index (χ2v) is 10.3. The number of hydrogen-bond donors (Lipinski definition) is 0. The predicted octanol–water partition coefficient (Wildman–Crippen LogP) is 6.67. The van der Waals surface area contributed by atoms with Gasteiger partial charge in [-0.3, -0.25) is 4.79 Å². The predicted molar refractivity (Wildman–Crippen MR) is 166 cm³/mol. The van der Waals surface area contributed by atoms with Gasteiger partial charge in [0.15, 0.2) is 28.8 Å². The SMILES string of the molecule is COc1cc(C=Nn2c(-c3cc4cc(Cl)ccc4o3)nc3ccccc3c2=O)cc(OC)c1OCc1ccc2c(c1)OCO2. The van der Waals surface area contributed by atoms with E-state index in [1.807, 2.05) is 24.3 Å². The molecule has 0 N–H and O–H groups in total. The van der Waals surface area contributed by atoms with E-state index in [1.54, 1.807) is 54.6 Å². The summed E-state index contributed by atoms with van der Waals surface area (Å²) in [5.41, 5.74) is 2.24. The average Bonchev–Trinajstić information content (AvgIpc) is 3.69. The summed E-state index contributed by atoms with van der Waals surface area (Å²) in [4.78, 5) is 18.4. The van der Waals surface area contributed by atoms with Crippen molar-refractivity contribution < 1.29 is 28.1 Å². The number of benzene rings is 4. The van der Waals surface area contributed by atoms with Crippen LogP contribution in [-0.4, -0.2) is 36.9 Å². The number of halogens is 1. The molecule has 220 valence electrons. The Morgan fingerprint density at radius 3 is 2.57 bits per heavy atom. The van der Waals surface area contributed by atoms with E-state index in [1.165, 1.54) is 25.1 Å². The minimum Gasteiger partial charge on any atom is -0.493 e. The Kier molecular flexibility index (Phi) is 7.03. The van der Waals surface area contributed by atoms with Gasteiger partial charge in [-0.25, -0.2) is 4.98 Å². The molecule has 0 bridgehead atoms. The third kappa shape index (κ3) is 5.05. The lowest BCUT2D eigenvalue weighted by Gasteiger charge is -2.15. The van der Waals surface area contributed by atoms with Crippen molar-refractivity contribution in [2.75, 3.05) is 21.0 Å². The molecule has 0 saturated heterocycles. The monoisotopic (exact) mass is 609 g/mol. The van der Waals surface area contributed by atoms with Crippen molar-refractivity contribution in [2.45, 2.75) is 6.61 Å². The first-order valence-corrected chi connectivity index (χ1v) is 13.9. The van der Waals surface area contributed by atoms with Crippen molar-refractivity contribution in [3.63, 3.8) is 0 Å². The second-order valence-electron chi connectivity index (χ2n) is 9.84. The van der Waals surface area contributed by atoms with Gasteiger partial charge in [-0.05, 0) is 66.2 Å². The van der Waals surface area contributed by atoms with Crippen LogP contribution < -0.4 is 29.2 Å². The molecule has 0 unspecified atom stereocenters. The van der Waals surface area contributed by atoms with Gasteiger partial charge in [-0.1, -0.05) is 29.8 Å². The van der Waals surface area contributed by atoms with Gasteiger partial charge in [0.25, 0.3) is 5.56 Å². The maximum Gasteiger partial charge on any atom is 0.282 e. The van der Waals surface area contributed by atoms with E-state index in [2.05, 4.69) is 5.10 Å². The van der Waals surface area contributed by atoms with Gasteiger partial charge >= 0.3 is 0 Å². The molecule has 0 saturated carbocycles. The highest BCUT2D eigenvalue weighted by molar-refractivity contribution is 6.31. The van der Waals surface area contributed by atoms with Crippen molar-refractivity contribution in [1.29, 1.82) is 0 Å². The fraction of sp³-hybridized carbons (Fsp3) is 0.121. The van der Waals surface area contributed by atoms with Crippen LogP contribution in [0, 0.1) is 0 Å². The van der Waals surface area contributed by atoms with E-state index < -0.39 is 0 Å². The quantitative estimate of drug-likeness (QED) is 0.176. The lowest BCUT2D eigenvalue weighted by molar-refractivity contribution is 0.174. The highest BCUT2D eigenvalue weighted by Crippen LogP contribution is 2.40. The standard InChI is InChI=1S/C33H24ClN3O7/c1-39-28-12-20(13-29(40-2)31(28)41-17-19-7-9-26-27(11-19)43-18-42-26)16-35-37-32(36-24-6-4-3-5-23(24)33(37)38)30-15-21-14-22(34)8-10-25(21)44-30/h3-16H,17-18H2,1-2H3.